The number of ether oxygens (including phenoxy) is 1. The number of para-hydroxylation sites is 2. The average Bonchev–Trinajstić information content (AvgIpc) is 2.68. The number of rotatable bonds is 5. The number of hydrogen-bond donors (Lipinski definition) is 2. The van der Waals surface area contributed by atoms with Gasteiger partial charge in [-0.05, 0) is 48.1 Å². The Balaban J connectivity index is 1.63. The van der Waals surface area contributed by atoms with Crippen LogP contribution in [0.4, 0.5) is 5.69 Å². The molecule has 0 saturated heterocycles. The number of benzene rings is 3. The molecule has 0 bridgehead atoms. The highest BCUT2D eigenvalue weighted by Crippen LogP contribution is 2.24. The minimum atomic E-state index is -0.281. The zero-order chi connectivity index (χ0) is 19.1. The van der Waals surface area contributed by atoms with Crippen molar-refractivity contribution in [3.8, 4) is 5.75 Å². The maximum atomic E-state index is 12.3. The predicted octanol–water partition coefficient (Wildman–Crippen LogP) is 5.15. The number of halogens is 1. The Morgan fingerprint density at radius 1 is 0.963 bits per heavy atom. The van der Waals surface area contributed by atoms with Crippen molar-refractivity contribution in [2.24, 2.45) is 0 Å². The molecule has 4 nitrogen and oxygen atoms in total. The Morgan fingerprint density at radius 2 is 1.70 bits per heavy atom. The van der Waals surface area contributed by atoms with Crippen molar-refractivity contribution < 1.29 is 9.53 Å². The fourth-order valence-electron chi connectivity index (χ4n) is 2.39. The van der Waals surface area contributed by atoms with Crippen LogP contribution < -0.4 is 15.4 Å². The summed E-state index contributed by atoms with van der Waals surface area (Å²) in [6, 6.07) is 24.4. The SMILES string of the molecule is O=C(NC(=S)Nc1ccccc1OCc1ccccc1)c1cccc(Br)c1. The summed E-state index contributed by atoms with van der Waals surface area (Å²) in [4.78, 5) is 12.3. The lowest BCUT2D eigenvalue weighted by Gasteiger charge is -2.14. The van der Waals surface area contributed by atoms with Gasteiger partial charge in [0.05, 0.1) is 5.69 Å². The third kappa shape index (κ3) is 5.64. The van der Waals surface area contributed by atoms with Crippen LogP contribution in [-0.4, -0.2) is 11.0 Å². The molecule has 0 heterocycles. The van der Waals surface area contributed by atoms with E-state index < -0.39 is 0 Å². The molecule has 0 aliphatic carbocycles. The molecule has 0 spiro atoms. The maximum absolute atomic E-state index is 12.3. The van der Waals surface area contributed by atoms with Gasteiger partial charge in [-0.1, -0.05) is 64.5 Å². The summed E-state index contributed by atoms with van der Waals surface area (Å²) in [5, 5.41) is 5.91. The first-order chi connectivity index (χ1) is 13.1. The van der Waals surface area contributed by atoms with Gasteiger partial charge in [0.15, 0.2) is 5.11 Å². The standard InChI is InChI=1S/C21H17BrN2O2S/c22-17-10-6-9-16(13-17)20(25)24-21(27)23-18-11-4-5-12-19(18)26-14-15-7-2-1-3-8-15/h1-13H,14H2,(H2,23,24,25,27). The Kier molecular flexibility index (Phi) is 6.57. The van der Waals surface area contributed by atoms with E-state index in [-0.39, 0.29) is 11.0 Å². The fraction of sp³-hybridized carbons (Fsp3) is 0.0476. The monoisotopic (exact) mass is 440 g/mol. The summed E-state index contributed by atoms with van der Waals surface area (Å²) in [6.45, 7) is 0.441. The fourth-order valence-corrected chi connectivity index (χ4v) is 2.99. The van der Waals surface area contributed by atoms with Crippen LogP contribution in [0.5, 0.6) is 5.75 Å². The van der Waals surface area contributed by atoms with E-state index in [0.717, 1.165) is 10.0 Å². The van der Waals surface area contributed by atoms with E-state index in [4.69, 9.17) is 17.0 Å². The Hall–Kier alpha value is -2.70. The second kappa shape index (κ2) is 9.30. The molecule has 0 atom stereocenters. The van der Waals surface area contributed by atoms with Gasteiger partial charge in [0, 0.05) is 10.0 Å². The first kappa shape index (κ1) is 19.1. The summed E-state index contributed by atoms with van der Waals surface area (Å²) in [6.07, 6.45) is 0. The van der Waals surface area contributed by atoms with Crippen molar-refractivity contribution in [1.82, 2.24) is 5.32 Å². The molecule has 1 amide bonds. The molecular weight excluding hydrogens is 424 g/mol. The van der Waals surface area contributed by atoms with Crippen molar-refractivity contribution in [1.29, 1.82) is 0 Å². The molecule has 0 saturated carbocycles. The van der Waals surface area contributed by atoms with E-state index in [1.54, 1.807) is 18.2 Å². The smallest absolute Gasteiger partial charge is 0.257 e. The van der Waals surface area contributed by atoms with Gasteiger partial charge in [-0.25, -0.2) is 0 Å². The van der Waals surface area contributed by atoms with Gasteiger partial charge >= 0.3 is 0 Å². The molecule has 6 heteroatoms. The second-order valence-electron chi connectivity index (χ2n) is 5.69. The second-order valence-corrected chi connectivity index (χ2v) is 7.01. The van der Waals surface area contributed by atoms with Gasteiger partial charge in [0.2, 0.25) is 0 Å². The summed E-state index contributed by atoms with van der Waals surface area (Å²) < 4.78 is 6.72. The first-order valence-electron chi connectivity index (χ1n) is 8.25. The van der Waals surface area contributed by atoms with Crippen LogP contribution >= 0.6 is 28.1 Å². The molecule has 0 radical (unpaired) electrons. The van der Waals surface area contributed by atoms with Crippen LogP contribution in [0.1, 0.15) is 15.9 Å². The molecule has 2 N–H and O–H groups in total. The van der Waals surface area contributed by atoms with Gasteiger partial charge in [0.1, 0.15) is 12.4 Å². The molecule has 3 aromatic carbocycles. The third-order valence-corrected chi connectivity index (χ3v) is 4.38. The first-order valence-corrected chi connectivity index (χ1v) is 9.45. The van der Waals surface area contributed by atoms with E-state index in [2.05, 4.69) is 26.6 Å². The van der Waals surface area contributed by atoms with Crippen molar-refractivity contribution in [2.75, 3.05) is 5.32 Å². The zero-order valence-corrected chi connectivity index (χ0v) is 16.7. The number of nitrogens with one attached hydrogen (secondary N) is 2. The topological polar surface area (TPSA) is 50.4 Å². The van der Waals surface area contributed by atoms with Crippen LogP contribution in [0.3, 0.4) is 0 Å². The summed E-state index contributed by atoms with van der Waals surface area (Å²) in [5.74, 6) is 0.372. The van der Waals surface area contributed by atoms with Crippen LogP contribution in [0.25, 0.3) is 0 Å². The highest BCUT2D eigenvalue weighted by Gasteiger charge is 2.10. The minimum Gasteiger partial charge on any atom is -0.487 e. The number of amides is 1. The summed E-state index contributed by atoms with van der Waals surface area (Å²) >= 11 is 8.62. The molecule has 136 valence electrons. The number of carbonyl (C=O) groups excluding carboxylic acids is 1. The number of hydrogen-bond acceptors (Lipinski definition) is 3. The molecule has 0 aliphatic rings. The van der Waals surface area contributed by atoms with E-state index in [9.17, 15) is 4.79 Å². The highest BCUT2D eigenvalue weighted by molar-refractivity contribution is 9.10. The zero-order valence-electron chi connectivity index (χ0n) is 14.3. The lowest BCUT2D eigenvalue weighted by atomic mass is 10.2. The van der Waals surface area contributed by atoms with E-state index in [0.29, 0.717) is 23.6 Å². The number of anilines is 1. The Morgan fingerprint density at radius 3 is 2.48 bits per heavy atom. The third-order valence-electron chi connectivity index (χ3n) is 3.69. The molecule has 0 aromatic heterocycles. The van der Waals surface area contributed by atoms with Gasteiger partial charge in [-0.3, -0.25) is 10.1 Å². The molecule has 0 unspecified atom stereocenters. The lowest BCUT2D eigenvalue weighted by molar-refractivity contribution is 0.0977. The van der Waals surface area contributed by atoms with Crippen molar-refractivity contribution in [3.63, 3.8) is 0 Å². The highest BCUT2D eigenvalue weighted by atomic mass is 79.9. The largest absolute Gasteiger partial charge is 0.487 e. The molecule has 3 aromatic rings. The Bertz CT molecular complexity index is 948. The van der Waals surface area contributed by atoms with Crippen LogP contribution in [-0.2, 0) is 6.61 Å². The molecule has 0 aliphatic heterocycles. The molecular formula is C21H17BrN2O2S. The van der Waals surface area contributed by atoms with E-state index >= 15 is 0 Å². The minimum absolute atomic E-state index is 0.204. The van der Waals surface area contributed by atoms with Gasteiger partial charge in [-0.15, -0.1) is 0 Å². The normalized spacial score (nSPS) is 10.1. The van der Waals surface area contributed by atoms with Gasteiger partial charge in [-0.2, -0.15) is 0 Å². The quantitative estimate of drug-likeness (QED) is 0.538. The Labute approximate surface area is 171 Å². The summed E-state index contributed by atoms with van der Waals surface area (Å²) in [5.41, 5.74) is 2.27. The van der Waals surface area contributed by atoms with Crippen LogP contribution in [0.2, 0.25) is 0 Å². The van der Waals surface area contributed by atoms with E-state index in [1.165, 1.54) is 0 Å². The van der Waals surface area contributed by atoms with E-state index in [1.807, 2.05) is 60.7 Å². The molecule has 3 rings (SSSR count). The lowest BCUT2D eigenvalue weighted by Crippen LogP contribution is -2.34. The van der Waals surface area contributed by atoms with Crippen LogP contribution in [0, 0.1) is 0 Å². The number of thiocarbonyl (C=S) groups is 1. The predicted molar refractivity (Wildman–Crippen MR) is 115 cm³/mol. The van der Waals surface area contributed by atoms with Gasteiger partial charge in [0.25, 0.3) is 5.91 Å². The summed E-state index contributed by atoms with van der Waals surface area (Å²) in [7, 11) is 0. The molecule has 27 heavy (non-hydrogen) atoms. The average molecular weight is 441 g/mol. The number of carbonyl (C=O) groups is 1. The van der Waals surface area contributed by atoms with Crippen molar-refractivity contribution in [2.45, 2.75) is 6.61 Å². The maximum Gasteiger partial charge on any atom is 0.257 e. The molecule has 0 fully saturated rings. The van der Waals surface area contributed by atoms with Gasteiger partial charge < -0.3 is 10.1 Å². The van der Waals surface area contributed by atoms with Crippen LogP contribution in [0.15, 0.2) is 83.3 Å². The van der Waals surface area contributed by atoms with Crippen molar-refractivity contribution >= 4 is 44.9 Å². The van der Waals surface area contributed by atoms with Crippen molar-refractivity contribution in [3.05, 3.63) is 94.5 Å².